The second-order valence-corrected chi connectivity index (χ2v) is 8.64. The summed E-state index contributed by atoms with van der Waals surface area (Å²) in [4.78, 5) is 21.0. The van der Waals surface area contributed by atoms with Crippen LogP contribution in [-0.2, 0) is 0 Å². The van der Waals surface area contributed by atoms with Crippen LogP contribution in [0.3, 0.4) is 0 Å². The van der Waals surface area contributed by atoms with Crippen LogP contribution >= 0.6 is 11.3 Å². The molecule has 0 aliphatic heterocycles. The van der Waals surface area contributed by atoms with Gasteiger partial charge in [-0.3, -0.25) is 10.1 Å². The Morgan fingerprint density at radius 3 is 2.41 bits per heavy atom. The maximum Gasteiger partial charge on any atom is 0.269 e. The molecule has 0 spiro atoms. The first-order valence-corrected chi connectivity index (χ1v) is 11.3. The summed E-state index contributed by atoms with van der Waals surface area (Å²) in [5.74, 6) is 1.37. The molecule has 0 saturated carbocycles. The van der Waals surface area contributed by atoms with Gasteiger partial charge in [0, 0.05) is 29.5 Å². The summed E-state index contributed by atoms with van der Waals surface area (Å²) < 4.78 is 10.8. The maximum atomic E-state index is 11.1. The Kier molecular flexibility index (Phi) is 6.70. The number of methoxy groups -OCH3 is 2. The van der Waals surface area contributed by atoms with Gasteiger partial charge in [-0.05, 0) is 55.3 Å². The number of aliphatic imine (C=N–C) groups is 1. The fourth-order valence-corrected chi connectivity index (χ4v) is 4.55. The number of hydrogen-bond acceptors (Lipinski definition) is 7. The van der Waals surface area contributed by atoms with E-state index in [1.165, 1.54) is 23.5 Å². The Balaban J connectivity index is 1.81. The van der Waals surface area contributed by atoms with Gasteiger partial charge in [-0.15, -0.1) is 0 Å². The highest BCUT2D eigenvalue weighted by Crippen LogP contribution is 2.41. The molecule has 0 aliphatic carbocycles. The number of aromatic nitrogens is 1. The van der Waals surface area contributed by atoms with E-state index in [1.807, 2.05) is 44.2 Å². The van der Waals surface area contributed by atoms with Crippen LogP contribution in [0.4, 0.5) is 10.8 Å². The Morgan fingerprint density at radius 1 is 1.00 bits per heavy atom. The van der Waals surface area contributed by atoms with E-state index >= 15 is 0 Å². The Hall–Kier alpha value is -4.04. The third kappa shape index (κ3) is 4.82. The van der Waals surface area contributed by atoms with Gasteiger partial charge in [0.25, 0.3) is 5.69 Å². The predicted molar refractivity (Wildman–Crippen MR) is 136 cm³/mol. The normalized spacial score (nSPS) is 11.1. The van der Waals surface area contributed by atoms with E-state index in [4.69, 9.17) is 14.5 Å². The first kappa shape index (κ1) is 23.1. The number of non-ortho nitro benzene ring substituents is 1. The number of hydrogen-bond donors (Lipinski definition) is 0. The van der Waals surface area contributed by atoms with Gasteiger partial charge in [-0.1, -0.05) is 35.1 Å². The average molecular weight is 474 g/mol. The summed E-state index contributed by atoms with van der Waals surface area (Å²) >= 11 is 1.43. The summed E-state index contributed by atoms with van der Waals surface area (Å²) in [5, 5.41) is 11.7. The zero-order valence-electron chi connectivity index (χ0n) is 19.2. The second kappa shape index (κ2) is 9.84. The van der Waals surface area contributed by atoms with Gasteiger partial charge in [-0.25, -0.2) is 9.98 Å². The van der Waals surface area contributed by atoms with Gasteiger partial charge in [0.05, 0.1) is 29.7 Å². The van der Waals surface area contributed by atoms with Crippen LogP contribution in [0.5, 0.6) is 11.5 Å². The summed E-state index contributed by atoms with van der Waals surface area (Å²) in [7, 11) is 3.21. The topological polar surface area (TPSA) is 86.8 Å². The smallest absolute Gasteiger partial charge is 0.269 e. The van der Waals surface area contributed by atoms with E-state index in [9.17, 15) is 10.1 Å². The zero-order chi connectivity index (χ0) is 24.2. The van der Waals surface area contributed by atoms with Gasteiger partial charge >= 0.3 is 0 Å². The average Bonchev–Trinajstić information content (AvgIpc) is 3.26. The molecule has 0 fully saturated rings. The fourth-order valence-electron chi connectivity index (χ4n) is 3.62. The largest absolute Gasteiger partial charge is 0.497 e. The van der Waals surface area contributed by atoms with Crippen molar-refractivity contribution in [3.05, 3.63) is 87.5 Å². The monoisotopic (exact) mass is 473 g/mol. The Labute approximate surface area is 201 Å². The predicted octanol–water partition coefficient (Wildman–Crippen LogP) is 6.77. The summed E-state index contributed by atoms with van der Waals surface area (Å²) in [6.45, 7) is 4.09. The molecule has 4 aromatic rings. The van der Waals surface area contributed by atoms with E-state index in [-0.39, 0.29) is 5.69 Å². The molecular weight excluding hydrogens is 450 g/mol. The maximum absolute atomic E-state index is 11.1. The van der Waals surface area contributed by atoms with Crippen LogP contribution in [0.2, 0.25) is 0 Å². The molecule has 1 aromatic heterocycles. The first-order chi connectivity index (χ1) is 16.4. The highest BCUT2D eigenvalue weighted by Gasteiger charge is 2.17. The van der Waals surface area contributed by atoms with Crippen LogP contribution < -0.4 is 9.47 Å². The van der Waals surface area contributed by atoms with Gasteiger partial charge in [0.2, 0.25) is 5.13 Å². The van der Waals surface area contributed by atoms with Crippen molar-refractivity contribution in [3.8, 4) is 33.2 Å². The number of thiazole rings is 1. The van der Waals surface area contributed by atoms with E-state index in [2.05, 4.69) is 11.1 Å². The summed E-state index contributed by atoms with van der Waals surface area (Å²) in [6.07, 6.45) is 1.70. The SMILES string of the molecule is COc1ccc(OC)c(C=Nc2nc(-c3ccc(C)cc3C)c(-c3ccc([N+](=O)[O-])cc3)s2)c1. The highest BCUT2D eigenvalue weighted by atomic mass is 32.1. The van der Waals surface area contributed by atoms with E-state index < -0.39 is 4.92 Å². The lowest BCUT2D eigenvalue weighted by Gasteiger charge is -2.07. The van der Waals surface area contributed by atoms with Crippen molar-refractivity contribution in [2.45, 2.75) is 13.8 Å². The van der Waals surface area contributed by atoms with E-state index in [1.54, 1.807) is 32.6 Å². The lowest BCUT2D eigenvalue weighted by atomic mass is 10.0. The quantitative estimate of drug-likeness (QED) is 0.168. The van der Waals surface area contributed by atoms with Crippen molar-refractivity contribution in [3.63, 3.8) is 0 Å². The third-order valence-corrected chi connectivity index (χ3v) is 6.36. The molecule has 8 heteroatoms. The minimum atomic E-state index is -0.404. The molecule has 7 nitrogen and oxygen atoms in total. The van der Waals surface area contributed by atoms with Crippen LogP contribution in [0.15, 0.2) is 65.7 Å². The molecule has 3 aromatic carbocycles. The molecule has 0 radical (unpaired) electrons. The summed E-state index contributed by atoms with van der Waals surface area (Å²) in [6, 6.07) is 18.2. The van der Waals surface area contributed by atoms with Gasteiger partial charge < -0.3 is 9.47 Å². The molecule has 0 aliphatic rings. The van der Waals surface area contributed by atoms with E-state index in [0.717, 1.165) is 38.4 Å². The number of benzene rings is 3. The lowest BCUT2D eigenvalue weighted by Crippen LogP contribution is -1.92. The van der Waals surface area contributed by atoms with Crippen molar-refractivity contribution >= 4 is 28.4 Å². The van der Waals surface area contributed by atoms with Crippen molar-refractivity contribution in [2.24, 2.45) is 4.99 Å². The number of aryl methyl sites for hydroxylation is 2. The van der Waals surface area contributed by atoms with Crippen LogP contribution in [0.1, 0.15) is 16.7 Å². The first-order valence-electron chi connectivity index (χ1n) is 10.5. The third-order valence-electron chi connectivity index (χ3n) is 5.34. The second-order valence-electron chi connectivity index (χ2n) is 7.66. The number of nitro benzene ring substituents is 1. The van der Waals surface area contributed by atoms with Gasteiger partial charge in [-0.2, -0.15) is 0 Å². The molecule has 34 heavy (non-hydrogen) atoms. The molecule has 0 unspecified atom stereocenters. The Bertz CT molecular complexity index is 1380. The summed E-state index contributed by atoms with van der Waals surface area (Å²) in [5.41, 5.74) is 5.71. The number of rotatable bonds is 7. The molecule has 0 bridgehead atoms. The van der Waals surface area contributed by atoms with Crippen LogP contribution in [0, 0.1) is 24.0 Å². The molecule has 0 saturated heterocycles. The minimum absolute atomic E-state index is 0.0460. The Morgan fingerprint density at radius 2 is 1.76 bits per heavy atom. The van der Waals surface area contributed by atoms with E-state index in [0.29, 0.717) is 16.6 Å². The van der Waals surface area contributed by atoms with Crippen LogP contribution in [-0.4, -0.2) is 30.3 Å². The highest BCUT2D eigenvalue weighted by molar-refractivity contribution is 7.19. The number of ether oxygens (including phenoxy) is 2. The zero-order valence-corrected chi connectivity index (χ0v) is 20.1. The van der Waals surface area contributed by atoms with Crippen molar-refractivity contribution < 1.29 is 14.4 Å². The molecule has 0 amide bonds. The minimum Gasteiger partial charge on any atom is -0.497 e. The molecular formula is C26H23N3O4S. The molecule has 4 rings (SSSR count). The van der Waals surface area contributed by atoms with Crippen molar-refractivity contribution in [1.29, 1.82) is 0 Å². The molecule has 0 N–H and O–H groups in total. The number of nitrogens with zero attached hydrogens (tertiary/aromatic N) is 3. The molecule has 172 valence electrons. The number of nitro groups is 1. The fraction of sp³-hybridized carbons (Fsp3) is 0.154. The van der Waals surface area contributed by atoms with Gasteiger partial charge in [0.15, 0.2) is 0 Å². The van der Waals surface area contributed by atoms with Gasteiger partial charge in [0.1, 0.15) is 11.5 Å². The van der Waals surface area contributed by atoms with Crippen molar-refractivity contribution in [2.75, 3.05) is 14.2 Å². The lowest BCUT2D eigenvalue weighted by molar-refractivity contribution is -0.384. The molecule has 0 atom stereocenters. The van der Waals surface area contributed by atoms with Crippen molar-refractivity contribution in [1.82, 2.24) is 4.98 Å². The van der Waals surface area contributed by atoms with Crippen LogP contribution in [0.25, 0.3) is 21.7 Å². The molecule has 1 heterocycles. The standard InChI is InChI=1S/C26H23N3O4S/c1-16-5-11-22(17(2)13-16)24-25(18-6-8-20(9-7-18)29(30)31)34-26(28-24)27-15-19-14-21(32-3)10-12-23(19)33-4/h5-15H,1-4H3.